The number of fused-ring (bicyclic) bond motifs is 1. The first-order valence-corrected chi connectivity index (χ1v) is 9.39. The molecule has 1 aliphatic heterocycles. The maximum Gasteiger partial charge on any atom is 0.280 e. The van der Waals surface area contributed by atoms with E-state index in [9.17, 15) is 9.59 Å². The molecule has 2 aromatic carbocycles. The van der Waals surface area contributed by atoms with E-state index in [1.54, 1.807) is 17.0 Å². The molecule has 2 heterocycles. The molecule has 0 radical (unpaired) electrons. The van der Waals surface area contributed by atoms with Crippen LogP contribution in [0.2, 0.25) is 0 Å². The molecule has 3 aromatic rings. The van der Waals surface area contributed by atoms with Crippen molar-refractivity contribution < 1.29 is 9.53 Å². The fourth-order valence-corrected chi connectivity index (χ4v) is 3.31. The van der Waals surface area contributed by atoms with E-state index in [4.69, 9.17) is 4.74 Å². The van der Waals surface area contributed by atoms with Crippen LogP contribution >= 0.6 is 0 Å². The monoisotopic (exact) mass is 378 g/mol. The molecule has 0 saturated carbocycles. The van der Waals surface area contributed by atoms with Crippen LogP contribution in [-0.4, -0.2) is 65.0 Å². The third-order valence-corrected chi connectivity index (χ3v) is 4.88. The Morgan fingerprint density at radius 2 is 1.71 bits per heavy atom. The third-order valence-electron chi connectivity index (χ3n) is 4.88. The molecule has 1 saturated heterocycles. The van der Waals surface area contributed by atoms with Crippen molar-refractivity contribution in [2.75, 3.05) is 39.3 Å². The minimum atomic E-state index is -0.442. The molecular weight excluding hydrogens is 356 g/mol. The number of rotatable bonds is 5. The molecule has 1 amide bonds. The molecule has 0 aliphatic carbocycles. The Hall–Kier alpha value is -3.19. The van der Waals surface area contributed by atoms with Crippen LogP contribution in [0.3, 0.4) is 0 Å². The normalized spacial score (nSPS) is 14.9. The molecule has 1 N–H and O–H groups in total. The number of hydrogen-bond donors (Lipinski definition) is 1. The summed E-state index contributed by atoms with van der Waals surface area (Å²) in [6.45, 7) is 4.02. The number of aromatic nitrogens is 2. The number of carbonyl (C=O) groups is 1. The van der Waals surface area contributed by atoms with Crippen molar-refractivity contribution >= 4 is 16.9 Å². The van der Waals surface area contributed by atoms with Crippen molar-refractivity contribution in [3.63, 3.8) is 0 Å². The van der Waals surface area contributed by atoms with E-state index in [1.165, 1.54) is 0 Å². The molecule has 0 atom stereocenters. The van der Waals surface area contributed by atoms with E-state index in [1.807, 2.05) is 42.5 Å². The smallest absolute Gasteiger partial charge is 0.280 e. The van der Waals surface area contributed by atoms with Crippen LogP contribution in [-0.2, 0) is 0 Å². The molecule has 1 aliphatic rings. The molecular formula is C21H22N4O3. The summed E-state index contributed by atoms with van der Waals surface area (Å²) in [5, 5.41) is 0. The van der Waals surface area contributed by atoms with Crippen LogP contribution in [0.1, 0.15) is 10.5 Å². The van der Waals surface area contributed by atoms with Crippen LogP contribution in [0, 0.1) is 0 Å². The summed E-state index contributed by atoms with van der Waals surface area (Å²) in [6.07, 6.45) is 0. The number of benzene rings is 2. The van der Waals surface area contributed by atoms with E-state index < -0.39 is 5.56 Å². The lowest BCUT2D eigenvalue weighted by molar-refractivity contribution is 0.0613. The number of nitrogens with zero attached hydrogens (tertiary/aromatic N) is 3. The lowest BCUT2D eigenvalue weighted by Gasteiger charge is -2.34. The first-order valence-electron chi connectivity index (χ1n) is 9.39. The number of amides is 1. The Balaban J connectivity index is 1.33. The third kappa shape index (κ3) is 4.04. The second-order valence-electron chi connectivity index (χ2n) is 6.73. The molecule has 0 bridgehead atoms. The zero-order chi connectivity index (χ0) is 19.3. The zero-order valence-corrected chi connectivity index (χ0v) is 15.5. The highest BCUT2D eigenvalue weighted by molar-refractivity contribution is 5.93. The summed E-state index contributed by atoms with van der Waals surface area (Å²) >= 11 is 0. The summed E-state index contributed by atoms with van der Waals surface area (Å²) in [7, 11) is 0. The van der Waals surface area contributed by atoms with Gasteiger partial charge in [0.05, 0.1) is 11.0 Å². The first kappa shape index (κ1) is 18.2. The lowest BCUT2D eigenvalue weighted by Crippen LogP contribution is -2.50. The fourth-order valence-electron chi connectivity index (χ4n) is 3.31. The summed E-state index contributed by atoms with van der Waals surface area (Å²) in [5.74, 6) is 0.546. The van der Waals surface area contributed by atoms with E-state index in [0.717, 1.165) is 25.4 Å². The molecule has 7 heteroatoms. The van der Waals surface area contributed by atoms with Gasteiger partial charge in [0.1, 0.15) is 12.4 Å². The van der Waals surface area contributed by atoms with Crippen molar-refractivity contribution in [1.29, 1.82) is 0 Å². The fraction of sp³-hybridized carbons (Fsp3) is 0.286. The van der Waals surface area contributed by atoms with Crippen molar-refractivity contribution in [3.05, 3.63) is 70.6 Å². The average molecular weight is 378 g/mol. The molecule has 1 fully saturated rings. The highest BCUT2D eigenvalue weighted by atomic mass is 16.5. The topological polar surface area (TPSA) is 78.5 Å². The lowest BCUT2D eigenvalue weighted by atomic mass is 10.2. The van der Waals surface area contributed by atoms with Gasteiger partial charge in [0.15, 0.2) is 5.69 Å². The number of nitrogens with one attached hydrogen (secondary N) is 1. The van der Waals surface area contributed by atoms with Crippen molar-refractivity contribution in [1.82, 2.24) is 19.8 Å². The molecule has 28 heavy (non-hydrogen) atoms. The second kappa shape index (κ2) is 8.22. The maximum atomic E-state index is 12.8. The summed E-state index contributed by atoms with van der Waals surface area (Å²) in [6, 6.07) is 16.9. The number of hydrogen-bond acceptors (Lipinski definition) is 5. The van der Waals surface area contributed by atoms with Gasteiger partial charge < -0.3 is 14.6 Å². The number of piperazine rings is 1. The van der Waals surface area contributed by atoms with Gasteiger partial charge in [-0.2, -0.15) is 0 Å². The van der Waals surface area contributed by atoms with Crippen molar-refractivity contribution in [2.24, 2.45) is 0 Å². The van der Waals surface area contributed by atoms with Gasteiger partial charge in [-0.1, -0.05) is 30.3 Å². The van der Waals surface area contributed by atoms with Gasteiger partial charge in [-0.25, -0.2) is 4.98 Å². The van der Waals surface area contributed by atoms with Crippen LogP contribution in [0.25, 0.3) is 11.0 Å². The van der Waals surface area contributed by atoms with Gasteiger partial charge in [0.2, 0.25) is 0 Å². The van der Waals surface area contributed by atoms with E-state index in [0.29, 0.717) is 30.7 Å². The van der Waals surface area contributed by atoms with Crippen molar-refractivity contribution in [2.45, 2.75) is 0 Å². The predicted molar refractivity (Wildman–Crippen MR) is 107 cm³/mol. The molecule has 0 spiro atoms. The predicted octanol–water partition coefficient (Wildman–Crippen LogP) is 1.76. The molecule has 144 valence electrons. The standard InChI is InChI=1S/C21H22N4O3/c26-20-19(22-17-8-4-5-9-18(17)23-20)21(27)25-12-10-24(11-13-25)14-15-28-16-6-2-1-3-7-16/h1-9H,10-15H2,(H,23,26). The van der Waals surface area contributed by atoms with Crippen LogP contribution < -0.4 is 10.3 Å². The minimum Gasteiger partial charge on any atom is -0.492 e. The van der Waals surface area contributed by atoms with Gasteiger partial charge >= 0.3 is 0 Å². The van der Waals surface area contributed by atoms with Gasteiger partial charge in [-0.15, -0.1) is 0 Å². The van der Waals surface area contributed by atoms with Gasteiger partial charge in [-0.05, 0) is 24.3 Å². The van der Waals surface area contributed by atoms with Crippen molar-refractivity contribution in [3.8, 4) is 5.75 Å². The second-order valence-corrected chi connectivity index (χ2v) is 6.73. The molecule has 1 aromatic heterocycles. The summed E-state index contributed by atoms with van der Waals surface area (Å²) < 4.78 is 5.73. The number of aromatic amines is 1. The Morgan fingerprint density at radius 1 is 1.00 bits per heavy atom. The number of carbonyl (C=O) groups excluding carboxylic acids is 1. The largest absolute Gasteiger partial charge is 0.492 e. The molecule has 7 nitrogen and oxygen atoms in total. The Morgan fingerprint density at radius 3 is 2.50 bits per heavy atom. The van der Waals surface area contributed by atoms with Crippen LogP contribution in [0.5, 0.6) is 5.75 Å². The Bertz CT molecular complexity index is 1010. The molecule has 4 rings (SSSR count). The number of ether oxygens (including phenoxy) is 1. The zero-order valence-electron chi connectivity index (χ0n) is 15.5. The number of H-pyrrole nitrogens is 1. The average Bonchev–Trinajstić information content (AvgIpc) is 2.74. The first-order chi connectivity index (χ1) is 13.7. The van der Waals surface area contributed by atoms with E-state index in [-0.39, 0.29) is 11.6 Å². The van der Waals surface area contributed by atoms with Crippen LogP contribution in [0.15, 0.2) is 59.4 Å². The number of para-hydroxylation sites is 3. The van der Waals surface area contributed by atoms with Gasteiger partial charge in [0.25, 0.3) is 11.5 Å². The Kier molecular flexibility index (Phi) is 5.34. The van der Waals surface area contributed by atoms with E-state index >= 15 is 0 Å². The quantitative estimate of drug-likeness (QED) is 0.732. The van der Waals surface area contributed by atoms with E-state index in [2.05, 4.69) is 14.9 Å². The maximum absolute atomic E-state index is 12.8. The van der Waals surface area contributed by atoms with Gasteiger partial charge in [0, 0.05) is 32.7 Å². The highest BCUT2D eigenvalue weighted by Gasteiger charge is 2.25. The van der Waals surface area contributed by atoms with Crippen LogP contribution in [0.4, 0.5) is 0 Å². The highest BCUT2D eigenvalue weighted by Crippen LogP contribution is 2.11. The summed E-state index contributed by atoms with van der Waals surface area (Å²) in [4.78, 5) is 36.0. The minimum absolute atomic E-state index is 0.0421. The van der Waals surface area contributed by atoms with Gasteiger partial charge in [-0.3, -0.25) is 14.5 Å². The Labute approximate surface area is 162 Å². The SMILES string of the molecule is O=C(c1nc2ccccc2[nH]c1=O)N1CCN(CCOc2ccccc2)CC1. The summed E-state index contributed by atoms with van der Waals surface area (Å²) in [5.41, 5.74) is 0.761. The molecule has 0 unspecified atom stereocenters.